The molecule has 0 aromatic heterocycles. The Labute approximate surface area is 239 Å². The lowest BCUT2D eigenvalue weighted by Crippen LogP contribution is -2.44. The van der Waals surface area contributed by atoms with Crippen LogP contribution in [0.4, 0.5) is 15.3 Å². The van der Waals surface area contributed by atoms with Crippen molar-refractivity contribution in [3.63, 3.8) is 0 Å². The summed E-state index contributed by atoms with van der Waals surface area (Å²) in [6, 6.07) is 2.41. The number of non-ortho nitro benzene ring substituents is 1. The highest BCUT2D eigenvalue weighted by molar-refractivity contribution is 6.37. The summed E-state index contributed by atoms with van der Waals surface area (Å²) in [5, 5.41) is 20.2. The van der Waals surface area contributed by atoms with E-state index in [1.165, 1.54) is 12.1 Å². The van der Waals surface area contributed by atoms with E-state index in [0.717, 1.165) is 0 Å². The van der Waals surface area contributed by atoms with Crippen LogP contribution < -0.4 is 4.74 Å². The van der Waals surface area contributed by atoms with Crippen LogP contribution in [0, 0.1) is 10.1 Å². The Morgan fingerprint density at radius 2 is 1.26 bits per heavy atom. The van der Waals surface area contributed by atoms with Crippen LogP contribution in [0.1, 0.15) is 67.2 Å². The second-order valence-electron chi connectivity index (χ2n) is 11.5. The number of hydrogen-bond donors (Lipinski definition) is 1. The molecule has 0 saturated carbocycles. The lowest BCUT2D eigenvalue weighted by atomic mass is 10.1. The number of hydrogen-bond acceptors (Lipinski definition) is 8. The number of aliphatic hydroxyl groups excluding tert-OH is 1. The molecule has 0 aliphatic carbocycles. The molecule has 0 atom stereocenters. The van der Waals surface area contributed by atoms with Crippen molar-refractivity contribution in [2.45, 2.75) is 90.6 Å². The zero-order valence-electron chi connectivity index (χ0n) is 23.4. The molecule has 1 N–H and O–H groups in total. The predicted molar refractivity (Wildman–Crippen MR) is 148 cm³/mol. The third-order valence-corrected chi connectivity index (χ3v) is 6.25. The molecule has 0 radical (unpaired) electrons. The maximum Gasteiger partial charge on any atom is 0.410 e. The van der Waals surface area contributed by atoms with Crippen LogP contribution in [-0.2, 0) is 9.47 Å². The number of aliphatic hydroxyl groups is 1. The number of halogens is 2. The molecule has 3 rings (SSSR count). The van der Waals surface area contributed by atoms with E-state index in [-0.39, 0.29) is 45.9 Å². The minimum Gasteiger partial charge on any atom is -0.487 e. The van der Waals surface area contributed by atoms with E-state index >= 15 is 0 Å². The van der Waals surface area contributed by atoms with Crippen molar-refractivity contribution in [1.82, 2.24) is 9.80 Å². The average molecular weight is 593 g/mol. The zero-order valence-corrected chi connectivity index (χ0v) is 24.9. The van der Waals surface area contributed by atoms with Gasteiger partial charge < -0.3 is 29.1 Å². The summed E-state index contributed by atoms with van der Waals surface area (Å²) in [6.07, 6.45) is 1.41. The first kappa shape index (κ1) is 32.7. The maximum atomic E-state index is 12.0. The summed E-state index contributed by atoms with van der Waals surface area (Å²) in [7, 11) is 0. The van der Waals surface area contributed by atoms with Gasteiger partial charge in [-0.15, -0.1) is 0 Å². The number of likely N-dealkylation sites (tertiary alicyclic amines) is 2. The van der Waals surface area contributed by atoms with Crippen molar-refractivity contribution in [1.29, 1.82) is 0 Å². The van der Waals surface area contributed by atoms with E-state index in [9.17, 15) is 24.8 Å². The molecule has 2 saturated heterocycles. The molecule has 2 aliphatic heterocycles. The van der Waals surface area contributed by atoms with Crippen molar-refractivity contribution in [3.05, 3.63) is 32.3 Å². The van der Waals surface area contributed by atoms with Crippen LogP contribution in [0.3, 0.4) is 0 Å². The molecule has 0 spiro atoms. The van der Waals surface area contributed by atoms with Crippen LogP contribution in [0.25, 0.3) is 0 Å². The van der Waals surface area contributed by atoms with Crippen LogP contribution in [-0.4, -0.2) is 81.6 Å². The SMILES string of the molecule is CC(C)(C)OC(=O)N1CCC(O)CC1.CC(C)(C)OC(=O)N1CCC(Oc2c(Cl)cc([N+](=O)[O-])cc2Cl)CC1. The third-order valence-electron chi connectivity index (χ3n) is 5.69. The monoisotopic (exact) mass is 591 g/mol. The number of ether oxygens (including phenoxy) is 3. The highest BCUT2D eigenvalue weighted by Gasteiger charge is 2.29. The van der Waals surface area contributed by atoms with E-state index < -0.39 is 16.1 Å². The molecule has 0 bridgehead atoms. The molecule has 2 fully saturated rings. The Bertz CT molecular complexity index is 986. The molecule has 1 aromatic carbocycles. The van der Waals surface area contributed by atoms with Gasteiger partial charge in [0.05, 0.1) is 21.1 Å². The van der Waals surface area contributed by atoms with Gasteiger partial charge in [-0.05, 0) is 54.4 Å². The van der Waals surface area contributed by atoms with E-state index in [0.29, 0.717) is 51.9 Å². The van der Waals surface area contributed by atoms with E-state index in [1.54, 1.807) is 9.80 Å². The minimum atomic E-state index is -0.569. The number of nitro groups is 1. The molecule has 0 unspecified atom stereocenters. The summed E-state index contributed by atoms with van der Waals surface area (Å²) in [6.45, 7) is 13.2. The number of carbonyl (C=O) groups excluding carboxylic acids is 2. The summed E-state index contributed by atoms with van der Waals surface area (Å²) in [4.78, 5) is 37.1. The van der Waals surface area contributed by atoms with Gasteiger partial charge in [0.1, 0.15) is 17.3 Å². The quantitative estimate of drug-likeness (QED) is 0.331. The number of piperidine rings is 2. The first-order valence-electron chi connectivity index (χ1n) is 12.9. The fourth-order valence-corrected chi connectivity index (χ4v) is 4.35. The second-order valence-corrected chi connectivity index (χ2v) is 12.3. The van der Waals surface area contributed by atoms with Gasteiger partial charge in [0.2, 0.25) is 0 Å². The van der Waals surface area contributed by atoms with Gasteiger partial charge in [-0.2, -0.15) is 0 Å². The Kier molecular flexibility index (Phi) is 11.5. The second kappa shape index (κ2) is 13.7. The first-order chi connectivity index (χ1) is 17.9. The number of nitrogens with zero attached hydrogens (tertiary/aromatic N) is 3. The number of amides is 2. The predicted octanol–water partition coefficient (Wildman–Crippen LogP) is 6.06. The zero-order chi connectivity index (χ0) is 29.5. The van der Waals surface area contributed by atoms with E-state index in [2.05, 4.69) is 0 Å². The molecule has 11 nitrogen and oxygen atoms in total. The van der Waals surface area contributed by atoms with Crippen molar-refractivity contribution in [2.24, 2.45) is 0 Å². The number of carbonyl (C=O) groups is 2. The topological polar surface area (TPSA) is 132 Å². The molecule has 2 amide bonds. The summed E-state index contributed by atoms with van der Waals surface area (Å²) >= 11 is 12.1. The van der Waals surface area contributed by atoms with Crippen LogP contribution in [0.5, 0.6) is 5.75 Å². The largest absolute Gasteiger partial charge is 0.487 e. The summed E-state index contributed by atoms with van der Waals surface area (Å²) in [5.41, 5.74) is -1.17. The molecule has 39 heavy (non-hydrogen) atoms. The van der Waals surface area contributed by atoms with Gasteiger partial charge in [-0.3, -0.25) is 10.1 Å². The van der Waals surface area contributed by atoms with Crippen molar-refractivity contribution in [3.8, 4) is 5.75 Å². The van der Waals surface area contributed by atoms with Crippen LogP contribution in [0.15, 0.2) is 12.1 Å². The Hall–Kier alpha value is -2.50. The van der Waals surface area contributed by atoms with Gasteiger partial charge in [-0.1, -0.05) is 23.2 Å². The fourth-order valence-electron chi connectivity index (χ4n) is 3.79. The lowest BCUT2D eigenvalue weighted by molar-refractivity contribution is -0.384. The molecule has 2 heterocycles. The van der Waals surface area contributed by atoms with Gasteiger partial charge in [0, 0.05) is 51.2 Å². The van der Waals surface area contributed by atoms with Crippen LogP contribution >= 0.6 is 23.2 Å². The molecule has 1 aromatic rings. The van der Waals surface area contributed by atoms with Gasteiger partial charge in [0.15, 0.2) is 5.75 Å². The maximum absolute atomic E-state index is 12.0. The smallest absolute Gasteiger partial charge is 0.410 e. The highest BCUT2D eigenvalue weighted by Crippen LogP contribution is 2.38. The van der Waals surface area contributed by atoms with E-state index in [1.807, 2.05) is 41.5 Å². The highest BCUT2D eigenvalue weighted by atomic mass is 35.5. The third kappa shape index (κ3) is 11.3. The normalized spacial score (nSPS) is 17.2. The number of rotatable bonds is 3. The van der Waals surface area contributed by atoms with Crippen molar-refractivity contribution >= 4 is 41.1 Å². The van der Waals surface area contributed by atoms with E-state index in [4.69, 9.17) is 37.4 Å². The standard InChI is InChI=1S/C16H20Cl2N2O5.C10H19NO3/c1-16(2,3)25-15(21)19-6-4-11(5-7-19)24-14-12(17)8-10(20(22)23)9-13(14)18;1-10(2,3)14-9(13)11-6-4-8(12)5-7-11/h8-9,11H,4-7H2,1-3H3;8,12H,4-7H2,1-3H3. The average Bonchev–Trinajstić information content (AvgIpc) is 2.80. The minimum absolute atomic E-state index is 0.0915. The lowest BCUT2D eigenvalue weighted by Gasteiger charge is -2.33. The Morgan fingerprint density at radius 1 is 0.872 bits per heavy atom. The van der Waals surface area contributed by atoms with Gasteiger partial charge >= 0.3 is 12.2 Å². The van der Waals surface area contributed by atoms with Gasteiger partial charge in [0.25, 0.3) is 5.69 Å². The summed E-state index contributed by atoms with van der Waals surface area (Å²) in [5.74, 6) is 0.227. The van der Waals surface area contributed by atoms with Crippen molar-refractivity contribution in [2.75, 3.05) is 26.2 Å². The van der Waals surface area contributed by atoms with Gasteiger partial charge in [-0.25, -0.2) is 9.59 Å². The summed E-state index contributed by atoms with van der Waals surface area (Å²) < 4.78 is 16.4. The Balaban J connectivity index is 0.000000322. The molecular formula is C26H39Cl2N3O8. The molecule has 13 heteroatoms. The molecular weight excluding hydrogens is 553 g/mol. The number of nitro benzene ring substituents is 1. The molecule has 220 valence electrons. The van der Waals surface area contributed by atoms with Crippen molar-refractivity contribution < 1.29 is 33.8 Å². The fraction of sp³-hybridized carbons (Fsp3) is 0.692. The number of benzene rings is 1. The van der Waals surface area contributed by atoms with Crippen LogP contribution in [0.2, 0.25) is 10.0 Å². The molecule has 2 aliphatic rings. The first-order valence-corrected chi connectivity index (χ1v) is 13.6. The Morgan fingerprint density at radius 3 is 1.62 bits per heavy atom.